The summed E-state index contributed by atoms with van der Waals surface area (Å²) in [4.78, 5) is 22.0. The zero-order chi connectivity index (χ0) is 19.5. The number of carbonyl (C=O) groups is 2. The van der Waals surface area contributed by atoms with Crippen LogP contribution < -0.4 is 0 Å². The Morgan fingerprint density at radius 2 is 1.12 bits per heavy atom. The number of allylic oxidation sites excluding steroid dienone is 2. The third-order valence-electron chi connectivity index (χ3n) is 4.30. The maximum Gasteiger partial charge on any atom is 0.305 e. The van der Waals surface area contributed by atoms with Crippen molar-refractivity contribution in [3.05, 3.63) is 12.2 Å². The molecule has 0 rings (SSSR count). The van der Waals surface area contributed by atoms with Crippen molar-refractivity contribution >= 4 is 11.9 Å². The van der Waals surface area contributed by atoms with Crippen LogP contribution in [0.2, 0.25) is 0 Å². The Bertz CT molecular complexity index is 360. The lowest BCUT2D eigenvalue weighted by Gasteiger charge is -2.16. The van der Waals surface area contributed by atoms with Gasteiger partial charge in [-0.3, -0.25) is 9.59 Å². The highest BCUT2D eigenvalue weighted by molar-refractivity contribution is 5.68. The minimum atomic E-state index is -0.727. The van der Waals surface area contributed by atoms with Crippen LogP contribution in [-0.4, -0.2) is 18.2 Å². The molecule has 0 N–H and O–H groups in total. The summed E-state index contributed by atoms with van der Waals surface area (Å²) in [5.74, 6) is -0.826. The largest absolute Gasteiger partial charge is 0.425 e. The molecular weight excluding hydrogens is 328 g/mol. The van der Waals surface area contributed by atoms with Crippen molar-refractivity contribution in [2.45, 2.75) is 117 Å². The number of unbranched alkanes of at least 4 members (excludes halogenated alkanes) is 11. The Kier molecular flexibility index (Phi) is 17.5. The number of hydrogen-bond acceptors (Lipinski definition) is 4. The van der Waals surface area contributed by atoms with Gasteiger partial charge < -0.3 is 9.47 Å². The second kappa shape index (κ2) is 18.5. The maximum absolute atomic E-state index is 11.0. The van der Waals surface area contributed by atoms with Crippen LogP contribution in [0.25, 0.3) is 0 Å². The normalized spacial score (nSPS) is 11.2. The summed E-state index contributed by atoms with van der Waals surface area (Å²) < 4.78 is 9.98. The van der Waals surface area contributed by atoms with Gasteiger partial charge in [0.05, 0.1) is 0 Å². The van der Waals surface area contributed by atoms with Crippen LogP contribution in [0.15, 0.2) is 12.2 Å². The average molecular weight is 369 g/mol. The summed E-state index contributed by atoms with van der Waals surface area (Å²) >= 11 is 0. The topological polar surface area (TPSA) is 52.6 Å². The van der Waals surface area contributed by atoms with E-state index in [1.165, 1.54) is 78.1 Å². The van der Waals surface area contributed by atoms with Crippen LogP contribution in [0.5, 0.6) is 0 Å². The molecule has 0 aromatic rings. The number of hydrogen-bond donors (Lipinski definition) is 0. The predicted octanol–water partition coefficient (Wildman–Crippen LogP) is 6.48. The van der Waals surface area contributed by atoms with E-state index >= 15 is 0 Å². The Labute approximate surface area is 160 Å². The van der Waals surface area contributed by atoms with Gasteiger partial charge in [0, 0.05) is 20.3 Å². The Hall–Kier alpha value is -1.32. The monoisotopic (exact) mass is 368 g/mol. The fourth-order valence-corrected chi connectivity index (χ4v) is 2.89. The van der Waals surface area contributed by atoms with E-state index in [1.54, 1.807) is 0 Å². The van der Waals surface area contributed by atoms with Gasteiger partial charge in [-0.1, -0.05) is 70.4 Å². The van der Waals surface area contributed by atoms with E-state index < -0.39 is 18.2 Å². The van der Waals surface area contributed by atoms with Gasteiger partial charge in [-0.2, -0.15) is 0 Å². The average Bonchev–Trinajstić information content (AvgIpc) is 2.57. The van der Waals surface area contributed by atoms with E-state index in [2.05, 4.69) is 19.1 Å². The molecule has 0 fully saturated rings. The maximum atomic E-state index is 11.0. The van der Waals surface area contributed by atoms with Gasteiger partial charge in [-0.15, -0.1) is 0 Å². The molecule has 0 bridgehead atoms. The van der Waals surface area contributed by atoms with Crippen LogP contribution in [0, 0.1) is 0 Å². The van der Waals surface area contributed by atoms with E-state index in [4.69, 9.17) is 9.47 Å². The van der Waals surface area contributed by atoms with Crippen LogP contribution in [-0.2, 0) is 19.1 Å². The molecule has 0 heterocycles. The Morgan fingerprint density at radius 3 is 1.58 bits per heavy atom. The van der Waals surface area contributed by atoms with E-state index in [9.17, 15) is 9.59 Å². The van der Waals surface area contributed by atoms with Crippen LogP contribution in [0.4, 0.5) is 0 Å². The summed E-state index contributed by atoms with van der Waals surface area (Å²) in [5.41, 5.74) is 0. The highest BCUT2D eigenvalue weighted by Crippen LogP contribution is 2.12. The lowest BCUT2D eigenvalue weighted by molar-refractivity contribution is -0.186. The first-order valence-corrected chi connectivity index (χ1v) is 10.6. The van der Waals surface area contributed by atoms with E-state index in [-0.39, 0.29) is 0 Å². The second-order valence-electron chi connectivity index (χ2n) is 7.02. The van der Waals surface area contributed by atoms with Crippen LogP contribution >= 0.6 is 0 Å². The third-order valence-corrected chi connectivity index (χ3v) is 4.30. The highest BCUT2D eigenvalue weighted by atomic mass is 16.7. The minimum Gasteiger partial charge on any atom is -0.425 e. The van der Waals surface area contributed by atoms with Crippen LogP contribution in [0.3, 0.4) is 0 Å². The van der Waals surface area contributed by atoms with Crippen molar-refractivity contribution in [2.75, 3.05) is 0 Å². The molecule has 0 aromatic heterocycles. The first-order chi connectivity index (χ1) is 12.6. The molecule has 0 aromatic carbocycles. The zero-order valence-electron chi connectivity index (χ0n) is 17.3. The van der Waals surface area contributed by atoms with Gasteiger partial charge in [0.1, 0.15) is 0 Å². The summed E-state index contributed by atoms with van der Waals surface area (Å²) in [6, 6.07) is 0. The molecule has 0 aliphatic heterocycles. The van der Waals surface area contributed by atoms with Crippen molar-refractivity contribution in [3.63, 3.8) is 0 Å². The molecule has 0 aliphatic rings. The fraction of sp³-hybridized carbons (Fsp3) is 0.818. The molecule has 0 amide bonds. The smallest absolute Gasteiger partial charge is 0.305 e. The van der Waals surface area contributed by atoms with Gasteiger partial charge in [0.15, 0.2) is 0 Å². The van der Waals surface area contributed by atoms with Crippen molar-refractivity contribution < 1.29 is 19.1 Å². The van der Waals surface area contributed by atoms with Gasteiger partial charge in [0.2, 0.25) is 6.29 Å². The molecule has 0 unspecified atom stereocenters. The molecule has 4 heteroatoms. The van der Waals surface area contributed by atoms with E-state index in [0.29, 0.717) is 6.42 Å². The zero-order valence-corrected chi connectivity index (χ0v) is 17.3. The summed E-state index contributed by atoms with van der Waals surface area (Å²) in [6.45, 7) is 4.92. The molecule has 0 saturated carbocycles. The third kappa shape index (κ3) is 19.0. The summed E-state index contributed by atoms with van der Waals surface area (Å²) in [6.07, 6.45) is 20.6. The van der Waals surface area contributed by atoms with Gasteiger partial charge >= 0.3 is 11.9 Å². The lowest BCUT2D eigenvalue weighted by Crippen LogP contribution is -2.22. The Morgan fingerprint density at radius 1 is 0.692 bits per heavy atom. The van der Waals surface area contributed by atoms with E-state index in [0.717, 1.165) is 19.3 Å². The number of carbonyl (C=O) groups excluding carboxylic acids is 2. The first kappa shape index (κ1) is 24.7. The van der Waals surface area contributed by atoms with E-state index in [1.807, 2.05) is 0 Å². The molecule has 0 atom stereocenters. The predicted molar refractivity (Wildman–Crippen MR) is 107 cm³/mol. The highest BCUT2D eigenvalue weighted by Gasteiger charge is 2.14. The number of ether oxygens (including phenoxy) is 2. The van der Waals surface area contributed by atoms with Gasteiger partial charge in [-0.25, -0.2) is 0 Å². The lowest BCUT2D eigenvalue weighted by atomic mass is 10.1. The standard InChI is InChI=1S/C22H40O4/c1-4-5-6-7-8-9-10-11-12-13-14-15-16-17-18-19-22(25-20(2)23)26-21(3)24/h11-12,22H,4-10,13-19H2,1-3H3. The van der Waals surface area contributed by atoms with Crippen molar-refractivity contribution in [1.29, 1.82) is 0 Å². The molecule has 0 aliphatic carbocycles. The number of rotatable bonds is 17. The second-order valence-corrected chi connectivity index (χ2v) is 7.02. The fourth-order valence-electron chi connectivity index (χ4n) is 2.89. The van der Waals surface area contributed by atoms with Crippen LogP contribution in [0.1, 0.15) is 111 Å². The molecule has 152 valence electrons. The molecule has 4 nitrogen and oxygen atoms in total. The first-order valence-electron chi connectivity index (χ1n) is 10.6. The quantitative estimate of drug-likeness (QED) is 0.128. The molecule has 0 radical (unpaired) electrons. The molecular formula is C22H40O4. The minimum absolute atomic E-state index is 0.413. The SMILES string of the molecule is CCCCCCCCC=CCCCCCCCC(OC(C)=O)OC(C)=O. The Balaban J connectivity index is 3.44. The number of esters is 2. The van der Waals surface area contributed by atoms with Gasteiger partial charge in [-0.05, 0) is 32.1 Å². The van der Waals surface area contributed by atoms with Gasteiger partial charge in [0.25, 0.3) is 0 Å². The molecule has 0 saturated heterocycles. The van der Waals surface area contributed by atoms with Crippen molar-refractivity contribution in [2.24, 2.45) is 0 Å². The van der Waals surface area contributed by atoms with Crippen molar-refractivity contribution in [1.82, 2.24) is 0 Å². The molecule has 26 heavy (non-hydrogen) atoms. The summed E-state index contributed by atoms with van der Waals surface area (Å²) in [5, 5.41) is 0. The molecule has 0 spiro atoms. The summed E-state index contributed by atoms with van der Waals surface area (Å²) in [7, 11) is 0. The van der Waals surface area contributed by atoms with Crippen molar-refractivity contribution in [3.8, 4) is 0 Å².